The van der Waals surface area contributed by atoms with E-state index in [1.807, 2.05) is 30.3 Å². The molecule has 2 unspecified atom stereocenters. The zero-order valence-electron chi connectivity index (χ0n) is 21.6. The van der Waals surface area contributed by atoms with Gasteiger partial charge in [-0.3, -0.25) is 0 Å². The zero-order chi connectivity index (χ0) is 25.8. The van der Waals surface area contributed by atoms with Gasteiger partial charge in [-0.1, -0.05) is 48.5 Å². The minimum absolute atomic E-state index is 0.286. The number of para-hydroxylation sites is 1. The molecular weight excluding hydrogens is 466 g/mol. The minimum Gasteiger partial charge on any atom is -0.493 e. The smallest absolute Gasteiger partial charge is 0.493 e. The standard InChI is InChI=1S/C31H33NO5/c1-32-15-14-22(17-24(32)16-21-10-6-4-7-11-21)26-18-23-19-28(34-2)29(35-3)20-27(23)30(26)37-31(33)36-25-12-8-5-9-13-25/h4-13,19-20,22,24H,14-18H2,1-3H3. The van der Waals surface area contributed by atoms with E-state index in [1.54, 1.807) is 26.4 Å². The van der Waals surface area contributed by atoms with Crippen LogP contribution in [0.2, 0.25) is 0 Å². The van der Waals surface area contributed by atoms with E-state index in [1.165, 1.54) is 5.56 Å². The molecule has 0 aromatic heterocycles. The van der Waals surface area contributed by atoms with E-state index in [2.05, 4.69) is 42.3 Å². The molecule has 0 bridgehead atoms. The Bertz CT molecular complexity index is 1270. The van der Waals surface area contributed by atoms with Gasteiger partial charge in [-0.15, -0.1) is 0 Å². The normalized spacial score (nSPS) is 19.3. The molecule has 6 heteroatoms. The molecule has 3 aromatic carbocycles. The Balaban J connectivity index is 1.45. The fraction of sp³-hybridized carbons (Fsp3) is 0.323. The summed E-state index contributed by atoms with van der Waals surface area (Å²) in [7, 11) is 5.44. The molecule has 2 atom stereocenters. The topological polar surface area (TPSA) is 57.2 Å². The van der Waals surface area contributed by atoms with Crippen molar-refractivity contribution in [3.05, 3.63) is 95.1 Å². The summed E-state index contributed by atoms with van der Waals surface area (Å²) >= 11 is 0. The van der Waals surface area contributed by atoms with Crippen molar-refractivity contribution >= 4 is 11.9 Å². The Morgan fingerprint density at radius 2 is 1.59 bits per heavy atom. The van der Waals surface area contributed by atoms with Crippen LogP contribution in [0.25, 0.3) is 5.76 Å². The van der Waals surface area contributed by atoms with Gasteiger partial charge in [0.05, 0.1) is 14.2 Å². The van der Waals surface area contributed by atoms with Crippen LogP contribution in [-0.4, -0.2) is 44.9 Å². The molecule has 192 valence electrons. The third kappa shape index (κ3) is 5.49. The third-order valence-corrected chi connectivity index (χ3v) is 7.47. The van der Waals surface area contributed by atoms with E-state index in [9.17, 15) is 4.79 Å². The maximum Gasteiger partial charge on any atom is 0.519 e. The van der Waals surface area contributed by atoms with Gasteiger partial charge in [0.2, 0.25) is 0 Å². The summed E-state index contributed by atoms with van der Waals surface area (Å²) in [5, 5.41) is 0. The number of hydrogen-bond donors (Lipinski definition) is 0. The maximum atomic E-state index is 12.9. The predicted molar refractivity (Wildman–Crippen MR) is 143 cm³/mol. The van der Waals surface area contributed by atoms with Gasteiger partial charge in [0.15, 0.2) is 11.5 Å². The third-order valence-electron chi connectivity index (χ3n) is 7.47. The van der Waals surface area contributed by atoms with Crippen molar-refractivity contribution < 1.29 is 23.7 Å². The Hall–Kier alpha value is -3.77. The lowest BCUT2D eigenvalue weighted by Crippen LogP contribution is -2.41. The van der Waals surface area contributed by atoms with Crippen LogP contribution in [0.5, 0.6) is 17.2 Å². The quantitative estimate of drug-likeness (QED) is 0.288. The van der Waals surface area contributed by atoms with E-state index >= 15 is 0 Å². The van der Waals surface area contributed by atoms with Crippen LogP contribution in [0.1, 0.15) is 29.5 Å². The summed E-state index contributed by atoms with van der Waals surface area (Å²) in [5.41, 5.74) is 4.40. The van der Waals surface area contributed by atoms with Crippen molar-refractivity contribution in [1.29, 1.82) is 0 Å². The summed E-state index contributed by atoms with van der Waals surface area (Å²) in [6, 6.07) is 23.9. The molecule has 1 aliphatic heterocycles. The summed E-state index contributed by atoms with van der Waals surface area (Å²) in [6.45, 7) is 0.983. The van der Waals surface area contributed by atoms with Crippen molar-refractivity contribution in [3.63, 3.8) is 0 Å². The highest BCUT2D eigenvalue weighted by Gasteiger charge is 2.36. The average Bonchev–Trinajstić information content (AvgIpc) is 3.27. The number of likely N-dealkylation sites (tertiary alicyclic amines) is 1. The molecule has 1 fully saturated rings. The highest BCUT2D eigenvalue weighted by atomic mass is 16.7. The van der Waals surface area contributed by atoms with Crippen LogP contribution in [-0.2, 0) is 17.6 Å². The maximum absolute atomic E-state index is 12.9. The van der Waals surface area contributed by atoms with Crippen LogP contribution in [0, 0.1) is 5.92 Å². The van der Waals surface area contributed by atoms with Crippen molar-refractivity contribution in [3.8, 4) is 17.2 Å². The van der Waals surface area contributed by atoms with Crippen LogP contribution < -0.4 is 14.2 Å². The summed E-state index contributed by atoms with van der Waals surface area (Å²) in [5.74, 6) is 2.59. The number of benzene rings is 3. The molecule has 37 heavy (non-hydrogen) atoms. The Kier molecular flexibility index (Phi) is 7.47. The summed E-state index contributed by atoms with van der Waals surface area (Å²) in [4.78, 5) is 15.3. The highest BCUT2D eigenvalue weighted by Crippen LogP contribution is 2.45. The number of methoxy groups -OCH3 is 2. The van der Waals surface area contributed by atoms with Gasteiger partial charge in [-0.05, 0) is 86.2 Å². The van der Waals surface area contributed by atoms with E-state index in [4.69, 9.17) is 18.9 Å². The summed E-state index contributed by atoms with van der Waals surface area (Å²) < 4.78 is 22.6. The van der Waals surface area contributed by atoms with Gasteiger partial charge in [0.1, 0.15) is 11.5 Å². The van der Waals surface area contributed by atoms with Gasteiger partial charge in [-0.2, -0.15) is 0 Å². The largest absolute Gasteiger partial charge is 0.519 e. The molecule has 0 spiro atoms. The van der Waals surface area contributed by atoms with Crippen LogP contribution in [0.15, 0.2) is 78.4 Å². The van der Waals surface area contributed by atoms with Crippen LogP contribution in [0.4, 0.5) is 4.79 Å². The molecule has 1 heterocycles. The first kappa shape index (κ1) is 24.9. The fourth-order valence-corrected chi connectivity index (χ4v) is 5.49. The van der Waals surface area contributed by atoms with Crippen molar-refractivity contribution in [2.75, 3.05) is 27.8 Å². The van der Waals surface area contributed by atoms with E-state index in [0.717, 1.165) is 42.5 Å². The summed E-state index contributed by atoms with van der Waals surface area (Å²) in [6.07, 6.45) is 2.94. The molecule has 0 radical (unpaired) electrons. The van der Waals surface area contributed by atoms with E-state index in [0.29, 0.717) is 35.5 Å². The molecular formula is C31H33NO5. The first-order valence-corrected chi connectivity index (χ1v) is 12.7. The zero-order valence-corrected chi connectivity index (χ0v) is 21.6. The van der Waals surface area contributed by atoms with Crippen molar-refractivity contribution in [2.45, 2.75) is 31.7 Å². The fourth-order valence-electron chi connectivity index (χ4n) is 5.49. The molecule has 1 aliphatic carbocycles. The lowest BCUT2D eigenvalue weighted by atomic mass is 9.82. The number of hydrogen-bond acceptors (Lipinski definition) is 6. The van der Waals surface area contributed by atoms with Crippen LogP contribution in [0.3, 0.4) is 0 Å². The lowest BCUT2D eigenvalue weighted by Gasteiger charge is -2.38. The minimum atomic E-state index is -0.741. The average molecular weight is 500 g/mol. The number of ether oxygens (including phenoxy) is 4. The molecule has 0 saturated carbocycles. The number of carbonyl (C=O) groups excluding carboxylic acids is 1. The van der Waals surface area contributed by atoms with E-state index < -0.39 is 6.16 Å². The first-order valence-electron chi connectivity index (χ1n) is 12.7. The molecule has 6 nitrogen and oxygen atoms in total. The van der Waals surface area contributed by atoms with Gasteiger partial charge in [0, 0.05) is 11.6 Å². The number of carbonyl (C=O) groups is 1. The molecule has 0 N–H and O–H groups in total. The monoisotopic (exact) mass is 499 g/mol. The SMILES string of the molecule is COc1cc2c(cc1OC)C(OC(=O)Oc1ccccc1)=C(C1CCN(C)C(Cc3ccccc3)C1)C2. The van der Waals surface area contributed by atoms with Gasteiger partial charge >= 0.3 is 6.16 Å². The Morgan fingerprint density at radius 1 is 0.919 bits per heavy atom. The predicted octanol–water partition coefficient (Wildman–Crippen LogP) is 6.14. The molecule has 3 aromatic rings. The molecule has 1 saturated heterocycles. The number of piperidine rings is 1. The number of allylic oxidation sites excluding steroid dienone is 1. The second-order valence-corrected chi connectivity index (χ2v) is 9.71. The molecule has 0 amide bonds. The number of nitrogens with zero attached hydrogens (tertiary/aromatic N) is 1. The van der Waals surface area contributed by atoms with Crippen molar-refractivity contribution in [2.24, 2.45) is 5.92 Å². The van der Waals surface area contributed by atoms with Crippen molar-refractivity contribution in [1.82, 2.24) is 4.90 Å². The Morgan fingerprint density at radius 3 is 2.30 bits per heavy atom. The molecule has 5 rings (SSSR count). The van der Waals surface area contributed by atoms with Crippen LogP contribution >= 0.6 is 0 Å². The first-order chi connectivity index (χ1) is 18.1. The molecule has 2 aliphatic rings. The number of rotatable bonds is 7. The van der Waals surface area contributed by atoms with Gasteiger partial charge < -0.3 is 23.8 Å². The number of likely N-dealkylation sites (N-methyl/N-ethyl adjacent to an activating group) is 1. The second kappa shape index (κ2) is 11.1. The lowest BCUT2D eigenvalue weighted by molar-refractivity contribution is 0.138. The second-order valence-electron chi connectivity index (χ2n) is 9.71. The van der Waals surface area contributed by atoms with E-state index in [-0.39, 0.29) is 5.92 Å². The van der Waals surface area contributed by atoms with Gasteiger partial charge in [-0.25, -0.2) is 4.79 Å². The Labute approximate surface area is 218 Å². The highest BCUT2D eigenvalue weighted by molar-refractivity contribution is 5.81. The van der Waals surface area contributed by atoms with Gasteiger partial charge in [0.25, 0.3) is 0 Å². The number of fused-ring (bicyclic) bond motifs is 1.